The van der Waals surface area contributed by atoms with Gasteiger partial charge in [0.05, 0.1) is 18.8 Å². The highest BCUT2D eigenvalue weighted by Gasteiger charge is 2.30. The predicted octanol–water partition coefficient (Wildman–Crippen LogP) is 5.96. The van der Waals surface area contributed by atoms with Crippen LogP contribution in [0.1, 0.15) is 24.5 Å². The monoisotopic (exact) mass is 484 g/mol. The van der Waals surface area contributed by atoms with Gasteiger partial charge in [-0.25, -0.2) is 0 Å². The Hall–Kier alpha value is -2.74. The van der Waals surface area contributed by atoms with Gasteiger partial charge in [0.15, 0.2) is 0 Å². The van der Waals surface area contributed by atoms with Crippen molar-refractivity contribution >= 4 is 17.9 Å². The molecule has 0 heterocycles. The Morgan fingerprint density at radius 1 is 1.12 bits per heavy atom. The van der Waals surface area contributed by atoms with Gasteiger partial charge in [0.1, 0.15) is 24.2 Å². The molecule has 2 rings (SSSR count). The first-order chi connectivity index (χ1) is 15.7. The summed E-state index contributed by atoms with van der Waals surface area (Å²) in [5.41, 5.74) is 0.365. The predicted molar refractivity (Wildman–Crippen MR) is 120 cm³/mol. The van der Waals surface area contributed by atoms with E-state index in [9.17, 15) is 13.2 Å². The second-order valence-corrected chi connectivity index (χ2v) is 7.84. The summed E-state index contributed by atoms with van der Waals surface area (Å²) in [6.45, 7) is 9.01. The lowest BCUT2D eigenvalue weighted by molar-refractivity contribution is -0.191. The largest absolute Gasteiger partial charge is 0.493 e. The minimum absolute atomic E-state index is 0.225. The van der Waals surface area contributed by atoms with Gasteiger partial charge in [0, 0.05) is 10.6 Å². The highest BCUT2D eigenvalue weighted by molar-refractivity contribution is 7.99. The Morgan fingerprint density at radius 3 is 2.33 bits per heavy atom. The van der Waals surface area contributed by atoms with Crippen LogP contribution in [0.25, 0.3) is 0 Å². The minimum atomic E-state index is -4.36. The molecular weight excluding hydrogens is 457 g/mol. The summed E-state index contributed by atoms with van der Waals surface area (Å²) in [5.74, 6) is 1.88. The summed E-state index contributed by atoms with van der Waals surface area (Å²) in [4.78, 5) is 17.3. The third-order valence-corrected chi connectivity index (χ3v) is 5.24. The number of thioether (sulfide) groups is 1. The first-order valence-corrected chi connectivity index (χ1v) is 11.1. The maximum atomic E-state index is 12.7. The van der Waals surface area contributed by atoms with Crippen molar-refractivity contribution in [1.82, 2.24) is 0 Å². The maximum Gasteiger partial charge on any atom is 0.416 e. The fourth-order valence-corrected chi connectivity index (χ4v) is 3.55. The van der Waals surface area contributed by atoms with Crippen molar-refractivity contribution in [2.45, 2.75) is 37.4 Å². The number of alkyl halides is 3. The normalized spacial score (nSPS) is 11.5. The zero-order valence-electron chi connectivity index (χ0n) is 18.5. The molecule has 0 N–H and O–H groups in total. The summed E-state index contributed by atoms with van der Waals surface area (Å²) >= 11 is 1.62. The van der Waals surface area contributed by atoms with E-state index in [-0.39, 0.29) is 18.9 Å². The van der Waals surface area contributed by atoms with E-state index in [1.807, 2.05) is 19.1 Å². The summed E-state index contributed by atoms with van der Waals surface area (Å²) in [7, 11) is 0. The number of carbonyl (C=O) groups excluding carboxylic acids is 2. The molecule has 0 bridgehead atoms. The highest BCUT2D eigenvalue weighted by Crippen LogP contribution is 2.30. The van der Waals surface area contributed by atoms with Crippen LogP contribution in [0.4, 0.5) is 13.2 Å². The Morgan fingerprint density at radius 2 is 1.79 bits per heavy atom. The molecule has 2 aromatic rings. The molecule has 33 heavy (non-hydrogen) atoms. The molecule has 1 unspecified atom stereocenters. The average molecular weight is 485 g/mol. The molecule has 1 atom stereocenters. The zero-order chi connectivity index (χ0) is 24.7. The van der Waals surface area contributed by atoms with Gasteiger partial charge in [-0.1, -0.05) is 13.0 Å². The van der Waals surface area contributed by atoms with Gasteiger partial charge in [-0.05, 0) is 61.4 Å². The van der Waals surface area contributed by atoms with Crippen molar-refractivity contribution in [3.63, 3.8) is 0 Å². The summed E-state index contributed by atoms with van der Waals surface area (Å²) in [6.07, 6.45) is -1.75. The van der Waals surface area contributed by atoms with E-state index in [4.69, 9.17) is 23.8 Å². The number of ether oxygens (including phenoxy) is 3. The van der Waals surface area contributed by atoms with Crippen molar-refractivity contribution in [2.24, 2.45) is 0 Å². The van der Waals surface area contributed by atoms with Crippen molar-refractivity contribution in [3.8, 4) is 11.5 Å². The molecule has 0 spiro atoms. The Kier molecular flexibility index (Phi) is 13.0. The van der Waals surface area contributed by atoms with Gasteiger partial charge in [-0.15, -0.1) is 18.3 Å². The van der Waals surface area contributed by atoms with Gasteiger partial charge in [0.2, 0.25) is 0 Å². The average Bonchev–Trinajstić information content (AvgIpc) is 2.78. The third kappa shape index (κ3) is 11.1. The van der Waals surface area contributed by atoms with Gasteiger partial charge in [0.25, 0.3) is 0 Å². The summed E-state index contributed by atoms with van der Waals surface area (Å²) in [6, 6.07) is 10.7. The third-order valence-electron chi connectivity index (χ3n) is 4.11. The van der Waals surface area contributed by atoms with Crippen LogP contribution in [0, 0.1) is 6.92 Å². The Labute approximate surface area is 195 Å². The molecule has 0 fully saturated rings. The molecule has 2 aromatic carbocycles. The molecule has 0 radical (unpaired) electrons. The van der Waals surface area contributed by atoms with Crippen LogP contribution in [0.15, 0.2) is 60.0 Å². The fraction of sp³-hybridized carbons (Fsp3) is 0.375. The van der Waals surface area contributed by atoms with Crippen LogP contribution >= 0.6 is 11.8 Å². The number of halogens is 3. The standard InChI is InChI=1S/C23H27F3O3S.CO2/c1-4-12-27-20(15-29-19-8-6-18(7-9-19)23(24,25)26)16-30-21-10-11-22(17(3)14-21)28-13-5-2;2-1-3/h4,6-11,14,20H,1,5,12-13,15-16H2,2-3H3;. The Bertz CT molecular complexity index is 879. The molecule has 0 aliphatic rings. The molecule has 9 heteroatoms. The van der Waals surface area contributed by atoms with Crippen LogP contribution in [-0.4, -0.2) is 37.8 Å². The first-order valence-electron chi connectivity index (χ1n) is 10.1. The number of rotatable bonds is 12. The fourth-order valence-electron chi connectivity index (χ4n) is 2.55. The summed E-state index contributed by atoms with van der Waals surface area (Å²) in [5, 5.41) is 0. The van der Waals surface area contributed by atoms with E-state index in [0.29, 0.717) is 24.7 Å². The van der Waals surface area contributed by atoms with Gasteiger partial charge >= 0.3 is 12.3 Å². The van der Waals surface area contributed by atoms with E-state index in [0.717, 1.165) is 34.8 Å². The zero-order valence-corrected chi connectivity index (χ0v) is 19.3. The second kappa shape index (κ2) is 15.2. The molecular formula is C24H27F3O5S. The summed E-state index contributed by atoms with van der Waals surface area (Å²) < 4.78 is 55.1. The number of hydrogen-bond donors (Lipinski definition) is 0. The topological polar surface area (TPSA) is 61.8 Å². The number of benzene rings is 2. The van der Waals surface area contributed by atoms with Crippen LogP contribution in [-0.2, 0) is 20.5 Å². The van der Waals surface area contributed by atoms with Crippen molar-refractivity contribution in [1.29, 1.82) is 0 Å². The molecule has 0 aliphatic heterocycles. The van der Waals surface area contributed by atoms with Crippen LogP contribution in [0.5, 0.6) is 11.5 Å². The molecule has 5 nitrogen and oxygen atoms in total. The van der Waals surface area contributed by atoms with Crippen LogP contribution in [0.2, 0.25) is 0 Å². The van der Waals surface area contributed by atoms with E-state index >= 15 is 0 Å². The Balaban J connectivity index is 0.00000172. The van der Waals surface area contributed by atoms with Gasteiger partial charge in [-0.3, -0.25) is 0 Å². The van der Waals surface area contributed by atoms with E-state index in [1.165, 1.54) is 12.1 Å². The van der Waals surface area contributed by atoms with Gasteiger partial charge in [-0.2, -0.15) is 22.8 Å². The first kappa shape index (κ1) is 28.3. The lowest BCUT2D eigenvalue weighted by Crippen LogP contribution is -2.24. The van der Waals surface area contributed by atoms with E-state index < -0.39 is 11.7 Å². The SMILES string of the molecule is C=CCOC(COc1ccc(C(F)(F)F)cc1)CSc1ccc(OCCC)c(C)c1.O=C=O. The van der Waals surface area contributed by atoms with Crippen molar-refractivity contribution in [2.75, 3.05) is 25.6 Å². The van der Waals surface area contributed by atoms with Crippen LogP contribution < -0.4 is 9.47 Å². The number of aryl methyl sites for hydroxylation is 1. The lowest BCUT2D eigenvalue weighted by atomic mass is 10.2. The molecule has 180 valence electrons. The number of hydrogen-bond acceptors (Lipinski definition) is 6. The van der Waals surface area contributed by atoms with E-state index in [2.05, 4.69) is 19.6 Å². The quantitative estimate of drug-likeness (QED) is 0.274. The molecule has 0 saturated heterocycles. The smallest absolute Gasteiger partial charge is 0.416 e. The lowest BCUT2D eigenvalue weighted by Gasteiger charge is -2.18. The van der Waals surface area contributed by atoms with E-state index in [1.54, 1.807) is 17.8 Å². The molecule has 0 aromatic heterocycles. The van der Waals surface area contributed by atoms with Crippen molar-refractivity contribution < 1.29 is 37.0 Å². The molecule has 0 amide bonds. The second-order valence-electron chi connectivity index (χ2n) is 6.75. The minimum Gasteiger partial charge on any atom is -0.493 e. The van der Waals surface area contributed by atoms with Gasteiger partial charge < -0.3 is 14.2 Å². The molecule has 0 aliphatic carbocycles. The van der Waals surface area contributed by atoms with Crippen LogP contribution in [0.3, 0.4) is 0 Å². The maximum absolute atomic E-state index is 12.7. The molecule has 0 saturated carbocycles. The van der Waals surface area contributed by atoms with Crippen molar-refractivity contribution in [3.05, 3.63) is 66.2 Å². The highest BCUT2D eigenvalue weighted by atomic mass is 32.2.